The number of sulfonamides is 1. The zero-order valence-electron chi connectivity index (χ0n) is 13.0. The molecule has 6 heteroatoms. The van der Waals surface area contributed by atoms with E-state index in [4.69, 9.17) is 0 Å². The second kappa shape index (κ2) is 7.74. The van der Waals surface area contributed by atoms with Crippen LogP contribution in [0.25, 0.3) is 0 Å². The van der Waals surface area contributed by atoms with E-state index in [1.54, 1.807) is 12.1 Å². The molecule has 0 radical (unpaired) electrons. The van der Waals surface area contributed by atoms with Crippen LogP contribution in [-0.4, -0.2) is 26.9 Å². The van der Waals surface area contributed by atoms with Crippen molar-refractivity contribution in [3.05, 3.63) is 29.8 Å². The second-order valence-electron chi connectivity index (χ2n) is 5.73. The number of benzene rings is 1. The lowest BCUT2D eigenvalue weighted by molar-refractivity contribution is 0.0938. The summed E-state index contributed by atoms with van der Waals surface area (Å²) in [5.74, 6) is -0.130. The molecule has 0 saturated heterocycles. The molecule has 1 aliphatic rings. The predicted octanol–water partition coefficient (Wildman–Crippen LogP) is 2.44. The molecule has 1 fully saturated rings. The molecule has 0 unspecified atom stereocenters. The molecule has 0 spiro atoms. The van der Waals surface area contributed by atoms with E-state index in [0.29, 0.717) is 12.1 Å². The van der Waals surface area contributed by atoms with Crippen LogP contribution in [0, 0.1) is 0 Å². The van der Waals surface area contributed by atoms with Crippen LogP contribution in [0.5, 0.6) is 0 Å². The molecule has 5 nitrogen and oxygen atoms in total. The lowest BCUT2D eigenvalue weighted by Crippen LogP contribution is -2.32. The summed E-state index contributed by atoms with van der Waals surface area (Å²) in [5.41, 5.74) is 0.499. The van der Waals surface area contributed by atoms with Gasteiger partial charge in [-0.2, -0.15) is 0 Å². The van der Waals surface area contributed by atoms with Crippen molar-refractivity contribution in [3.63, 3.8) is 0 Å². The topological polar surface area (TPSA) is 75.3 Å². The van der Waals surface area contributed by atoms with Crippen molar-refractivity contribution in [1.82, 2.24) is 10.0 Å². The van der Waals surface area contributed by atoms with E-state index >= 15 is 0 Å². The van der Waals surface area contributed by atoms with Gasteiger partial charge < -0.3 is 5.32 Å². The zero-order chi connectivity index (χ0) is 16.0. The summed E-state index contributed by atoms with van der Waals surface area (Å²) in [5, 5.41) is 2.99. The molecular formula is C16H24N2O3S. The molecule has 2 rings (SSSR count). The van der Waals surface area contributed by atoms with Crippen molar-refractivity contribution in [1.29, 1.82) is 0 Å². The predicted molar refractivity (Wildman–Crippen MR) is 86.3 cm³/mol. The zero-order valence-corrected chi connectivity index (χ0v) is 13.8. The molecule has 0 atom stereocenters. The molecule has 0 aliphatic heterocycles. The minimum absolute atomic E-state index is 0.130. The van der Waals surface area contributed by atoms with Crippen molar-refractivity contribution in [2.75, 3.05) is 6.54 Å². The van der Waals surface area contributed by atoms with Crippen LogP contribution in [0.4, 0.5) is 0 Å². The van der Waals surface area contributed by atoms with E-state index < -0.39 is 10.0 Å². The molecule has 1 amide bonds. The van der Waals surface area contributed by atoms with Gasteiger partial charge in [-0.3, -0.25) is 4.79 Å². The quantitative estimate of drug-likeness (QED) is 0.756. The average Bonchev–Trinajstić information content (AvgIpc) is 3.00. The van der Waals surface area contributed by atoms with Crippen LogP contribution in [0.2, 0.25) is 0 Å². The molecular weight excluding hydrogens is 300 g/mol. The number of carbonyl (C=O) groups excluding carboxylic acids is 1. The largest absolute Gasteiger partial charge is 0.349 e. The Hall–Kier alpha value is -1.40. The van der Waals surface area contributed by atoms with Crippen LogP contribution < -0.4 is 10.0 Å². The Morgan fingerprint density at radius 3 is 2.41 bits per heavy atom. The van der Waals surface area contributed by atoms with Gasteiger partial charge in [0, 0.05) is 18.2 Å². The third-order valence-electron chi connectivity index (χ3n) is 3.94. The van der Waals surface area contributed by atoms with Crippen LogP contribution in [-0.2, 0) is 10.0 Å². The van der Waals surface area contributed by atoms with Gasteiger partial charge in [0.25, 0.3) is 5.91 Å². The van der Waals surface area contributed by atoms with Crippen molar-refractivity contribution in [2.24, 2.45) is 0 Å². The highest BCUT2D eigenvalue weighted by Crippen LogP contribution is 2.18. The first kappa shape index (κ1) is 17.0. The van der Waals surface area contributed by atoms with Gasteiger partial charge >= 0.3 is 0 Å². The van der Waals surface area contributed by atoms with Gasteiger partial charge in [0.2, 0.25) is 10.0 Å². The van der Waals surface area contributed by atoms with Gasteiger partial charge in [-0.15, -0.1) is 0 Å². The van der Waals surface area contributed by atoms with E-state index in [2.05, 4.69) is 10.0 Å². The third kappa shape index (κ3) is 4.55. The minimum Gasteiger partial charge on any atom is -0.349 e. The average molecular weight is 324 g/mol. The van der Waals surface area contributed by atoms with Gasteiger partial charge in [-0.1, -0.05) is 26.2 Å². The maximum atomic E-state index is 12.1. The number of hydrogen-bond donors (Lipinski definition) is 2. The molecule has 0 bridgehead atoms. The summed E-state index contributed by atoms with van der Waals surface area (Å²) in [7, 11) is -3.48. The summed E-state index contributed by atoms with van der Waals surface area (Å²) >= 11 is 0. The van der Waals surface area contributed by atoms with E-state index in [-0.39, 0.29) is 16.8 Å². The summed E-state index contributed by atoms with van der Waals surface area (Å²) in [4.78, 5) is 12.3. The second-order valence-corrected chi connectivity index (χ2v) is 7.50. The molecule has 1 aromatic carbocycles. The molecule has 0 aromatic heterocycles. The third-order valence-corrected chi connectivity index (χ3v) is 5.42. The highest BCUT2D eigenvalue weighted by atomic mass is 32.2. The fourth-order valence-electron chi connectivity index (χ4n) is 2.59. The monoisotopic (exact) mass is 324 g/mol. The molecule has 122 valence electrons. The fraction of sp³-hybridized carbons (Fsp3) is 0.562. The molecule has 0 heterocycles. The first-order valence-corrected chi connectivity index (χ1v) is 9.42. The smallest absolute Gasteiger partial charge is 0.251 e. The summed E-state index contributed by atoms with van der Waals surface area (Å²) in [6.07, 6.45) is 6.11. The maximum absolute atomic E-state index is 12.1. The first-order chi connectivity index (χ1) is 10.5. The number of carbonyl (C=O) groups is 1. The van der Waals surface area contributed by atoms with E-state index in [9.17, 15) is 13.2 Å². The van der Waals surface area contributed by atoms with E-state index in [1.165, 1.54) is 12.1 Å². The Labute approximate surface area is 132 Å². The number of rotatable bonds is 7. The molecule has 1 aromatic rings. The van der Waals surface area contributed by atoms with Crippen molar-refractivity contribution in [3.8, 4) is 0 Å². The van der Waals surface area contributed by atoms with Crippen LogP contribution in [0.1, 0.15) is 55.8 Å². The Bertz CT molecular complexity index is 590. The molecule has 2 N–H and O–H groups in total. The van der Waals surface area contributed by atoms with Gasteiger partial charge in [0.15, 0.2) is 0 Å². The minimum atomic E-state index is -3.48. The Balaban J connectivity index is 1.98. The molecule has 22 heavy (non-hydrogen) atoms. The Morgan fingerprint density at radius 2 is 1.82 bits per heavy atom. The Kier molecular flexibility index (Phi) is 5.97. The van der Waals surface area contributed by atoms with E-state index in [1.807, 2.05) is 6.92 Å². The van der Waals surface area contributed by atoms with Crippen LogP contribution >= 0.6 is 0 Å². The fourth-order valence-corrected chi connectivity index (χ4v) is 3.67. The van der Waals surface area contributed by atoms with Crippen LogP contribution in [0.15, 0.2) is 29.2 Å². The maximum Gasteiger partial charge on any atom is 0.251 e. The highest BCUT2D eigenvalue weighted by molar-refractivity contribution is 7.89. The van der Waals surface area contributed by atoms with Crippen LogP contribution in [0.3, 0.4) is 0 Å². The van der Waals surface area contributed by atoms with Crippen molar-refractivity contribution >= 4 is 15.9 Å². The number of amides is 1. The van der Waals surface area contributed by atoms with Gasteiger partial charge in [0.1, 0.15) is 0 Å². The normalized spacial score (nSPS) is 15.9. The van der Waals surface area contributed by atoms with Gasteiger partial charge in [-0.05, 0) is 43.5 Å². The Morgan fingerprint density at radius 1 is 1.18 bits per heavy atom. The van der Waals surface area contributed by atoms with Crippen molar-refractivity contribution in [2.45, 2.75) is 56.4 Å². The number of hydrogen-bond acceptors (Lipinski definition) is 3. The van der Waals surface area contributed by atoms with E-state index in [0.717, 1.165) is 38.5 Å². The molecule has 1 aliphatic carbocycles. The molecule has 1 saturated carbocycles. The standard InChI is InChI=1S/C16H24N2O3S/c1-2-3-12-17-22(20,21)15-10-8-13(9-11-15)16(19)18-14-6-4-5-7-14/h8-11,14,17H,2-7,12H2,1H3,(H,18,19). The van der Waals surface area contributed by atoms with Gasteiger partial charge in [-0.25, -0.2) is 13.1 Å². The summed E-state index contributed by atoms with van der Waals surface area (Å²) in [6, 6.07) is 6.36. The highest BCUT2D eigenvalue weighted by Gasteiger charge is 2.19. The SMILES string of the molecule is CCCCNS(=O)(=O)c1ccc(C(=O)NC2CCCC2)cc1. The van der Waals surface area contributed by atoms with Gasteiger partial charge in [0.05, 0.1) is 4.90 Å². The van der Waals surface area contributed by atoms with Crippen molar-refractivity contribution < 1.29 is 13.2 Å². The number of nitrogens with one attached hydrogen (secondary N) is 2. The lowest BCUT2D eigenvalue weighted by atomic mass is 10.2. The number of unbranched alkanes of at least 4 members (excludes halogenated alkanes) is 1. The lowest BCUT2D eigenvalue weighted by Gasteiger charge is -2.12. The first-order valence-electron chi connectivity index (χ1n) is 7.93. The summed E-state index contributed by atoms with van der Waals surface area (Å²) in [6.45, 7) is 2.44. The summed E-state index contributed by atoms with van der Waals surface area (Å²) < 4.78 is 26.7.